The molecule has 0 amide bonds. The van der Waals surface area contributed by atoms with E-state index >= 15 is 0 Å². The van der Waals surface area contributed by atoms with Gasteiger partial charge in [-0.3, -0.25) is 5.41 Å². The van der Waals surface area contributed by atoms with Gasteiger partial charge in [-0.05, 0) is 12.0 Å². The number of hydrogen-bond acceptors (Lipinski definition) is 1. The second-order valence-corrected chi connectivity index (χ2v) is 3.51. The average Bonchev–Trinajstić information content (AvgIpc) is 2.30. The van der Waals surface area contributed by atoms with Crippen molar-refractivity contribution in [3.05, 3.63) is 35.9 Å². The van der Waals surface area contributed by atoms with E-state index in [0.29, 0.717) is 6.42 Å². The number of rotatable bonds is 3. The largest absolute Gasteiger partial charge is 0.370 e. The predicted octanol–water partition coefficient (Wildman–Crippen LogP) is 1.95. The molecule has 0 saturated heterocycles. The SMILES string of the molecule is CCC(c1ccccc1)N(F)C(=N)N=C(N)N.Cl. The smallest absolute Gasteiger partial charge is 0.250 e. The summed E-state index contributed by atoms with van der Waals surface area (Å²) in [5, 5.41) is 7.67. The lowest BCUT2D eigenvalue weighted by molar-refractivity contribution is 0.0601. The summed E-state index contributed by atoms with van der Waals surface area (Å²) in [5.74, 6) is -0.929. The van der Waals surface area contributed by atoms with Crippen molar-refractivity contribution in [2.45, 2.75) is 19.4 Å². The quantitative estimate of drug-likeness (QED) is 0.446. The minimum Gasteiger partial charge on any atom is -0.370 e. The molecule has 1 aromatic carbocycles. The number of hydrogen-bond donors (Lipinski definition) is 3. The van der Waals surface area contributed by atoms with Gasteiger partial charge in [-0.25, -0.2) is 0 Å². The zero-order valence-electron chi connectivity index (χ0n) is 10.0. The van der Waals surface area contributed by atoms with Crippen LogP contribution in [0.4, 0.5) is 4.48 Å². The van der Waals surface area contributed by atoms with Crippen LogP contribution in [0.15, 0.2) is 35.3 Å². The zero-order chi connectivity index (χ0) is 12.8. The molecule has 5 N–H and O–H groups in total. The van der Waals surface area contributed by atoms with Crippen LogP contribution in [-0.4, -0.2) is 17.0 Å². The molecule has 0 fully saturated rings. The normalized spacial score (nSPS) is 11.0. The third kappa shape index (κ3) is 4.21. The predicted molar refractivity (Wildman–Crippen MR) is 73.2 cm³/mol. The molecule has 0 aliphatic rings. The zero-order valence-corrected chi connectivity index (χ0v) is 10.8. The Morgan fingerprint density at radius 2 is 1.94 bits per heavy atom. The van der Waals surface area contributed by atoms with Crippen LogP contribution < -0.4 is 11.5 Å². The summed E-state index contributed by atoms with van der Waals surface area (Å²) >= 11 is 0. The van der Waals surface area contributed by atoms with Crippen LogP contribution in [0.2, 0.25) is 0 Å². The van der Waals surface area contributed by atoms with Crippen LogP contribution >= 0.6 is 12.4 Å². The van der Waals surface area contributed by atoms with Crippen LogP contribution in [0.25, 0.3) is 0 Å². The van der Waals surface area contributed by atoms with Gasteiger partial charge >= 0.3 is 0 Å². The molecule has 1 unspecified atom stereocenters. The lowest BCUT2D eigenvalue weighted by atomic mass is 10.0. The van der Waals surface area contributed by atoms with Gasteiger partial charge in [0.05, 0.1) is 6.04 Å². The van der Waals surface area contributed by atoms with E-state index in [1.807, 2.05) is 25.1 Å². The highest BCUT2D eigenvalue weighted by Crippen LogP contribution is 2.24. The summed E-state index contributed by atoms with van der Waals surface area (Å²) in [5.41, 5.74) is 11.0. The first-order valence-electron chi connectivity index (χ1n) is 5.24. The summed E-state index contributed by atoms with van der Waals surface area (Å²) < 4.78 is 13.9. The second kappa shape index (κ2) is 7.50. The molecule has 18 heavy (non-hydrogen) atoms. The van der Waals surface area contributed by atoms with Gasteiger partial charge in [0.15, 0.2) is 5.96 Å². The minimum absolute atomic E-state index is 0. The average molecular weight is 274 g/mol. The van der Waals surface area contributed by atoms with Gasteiger partial charge in [0.2, 0.25) is 5.96 Å². The number of aliphatic imine (C=N–C) groups is 1. The van der Waals surface area contributed by atoms with Crippen LogP contribution in [0.1, 0.15) is 24.9 Å². The first-order chi connectivity index (χ1) is 8.06. The summed E-state index contributed by atoms with van der Waals surface area (Å²) in [4.78, 5) is 3.38. The standard InChI is InChI=1S/C11H16FN5.ClH/c1-2-9(8-6-4-3-5-7-8)17(12)11(15)16-10(13)14;/h3-7,9H,2H2,1H3,(H5,13,14,15,16);1H. The topological polar surface area (TPSA) is 91.5 Å². The van der Waals surface area contributed by atoms with E-state index in [0.717, 1.165) is 5.56 Å². The van der Waals surface area contributed by atoms with E-state index in [-0.39, 0.29) is 23.5 Å². The van der Waals surface area contributed by atoms with Crippen molar-refractivity contribution >= 4 is 24.3 Å². The number of guanidine groups is 2. The fraction of sp³-hybridized carbons (Fsp3) is 0.273. The molecule has 1 rings (SSSR count). The molecule has 7 heteroatoms. The fourth-order valence-corrected chi connectivity index (χ4v) is 1.52. The fourth-order valence-electron chi connectivity index (χ4n) is 1.52. The molecule has 0 aromatic heterocycles. The summed E-state index contributed by atoms with van der Waals surface area (Å²) in [6.45, 7) is 1.83. The van der Waals surface area contributed by atoms with E-state index < -0.39 is 12.0 Å². The molecule has 100 valence electrons. The van der Waals surface area contributed by atoms with Gasteiger partial charge in [-0.15, -0.1) is 12.4 Å². The monoisotopic (exact) mass is 273 g/mol. The van der Waals surface area contributed by atoms with Crippen molar-refractivity contribution in [2.75, 3.05) is 0 Å². The maximum atomic E-state index is 13.9. The van der Waals surface area contributed by atoms with Gasteiger partial charge in [-0.2, -0.15) is 10.1 Å². The van der Waals surface area contributed by atoms with E-state index in [1.165, 1.54) is 0 Å². The van der Waals surface area contributed by atoms with Crippen molar-refractivity contribution in [1.29, 1.82) is 5.41 Å². The van der Waals surface area contributed by atoms with Gasteiger partial charge in [-0.1, -0.05) is 41.7 Å². The number of benzene rings is 1. The van der Waals surface area contributed by atoms with Gasteiger partial charge in [0.25, 0.3) is 0 Å². The van der Waals surface area contributed by atoms with Crippen LogP contribution in [0.5, 0.6) is 0 Å². The van der Waals surface area contributed by atoms with E-state index in [1.54, 1.807) is 12.1 Å². The van der Waals surface area contributed by atoms with Crippen LogP contribution in [-0.2, 0) is 0 Å². The molecule has 1 atom stereocenters. The van der Waals surface area contributed by atoms with Gasteiger partial charge in [0, 0.05) is 0 Å². The lowest BCUT2D eigenvalue weighted by Gasteiger charge is -2.22. The second-order valence-electron chi connectivity index (χ2n) is 3.51. The van der Waals surface area contributed by atoms with E-state index in [9.17, 15) is 4.48 Å². The first kappa shape index (κ1) is 16.2. The molecule has 0 aliphatic carbocycles. The Hall–Kier alpha value is -1.82. The van der Waals surface area contributed by atoms with Crippen molar-refractivity contribution in [3.8, 4) is 0 Å². The molecule has 0 radical (unpaired) electrons. The maximum Gasteiger partial charge on any atom is 0.250 e. The number of nitrogens with two attached hydrogens (primary N) is 2. The Morgan fingerprint density at radius 3 is 2.39 bits per heavy atom. The summed E-state index contributed by atoms with van der Waals surface area (Å²) in [6.07, 6.45) is 0.503. The van der Waals surface area contributed by atoms with E-state index in [2.05, 4.69) is 4.99 Å². The molecule has 5 nitrogen and oxygen atoms in total. The van der Waals surface area contributed by atoms with Crippen molar-refractivity contribution < 1.29 is 4.48 Å². The third-order valence-corrected chi connectivity index (χ3v) is 2.28. The Morgan fingerprint density at radius 1 is 1.39 bits per heavy atom. The van der Waals surface area contributed by atoms with Gasteiger partial charge in [0.1, 0.15) is 0 Å². The summed E-state index contributed by atoms with van der Waals surface area (Å²) in [7, 11) is 0. The molecule has 1 aromatic rings. The minimum atomic E-state index is -0.597. The van der Waals surface area contributed by atoms with Crippen molar-refractivity contribution in [2.24, 2.45) is 16.5 Å². The Balaban J connectivity index is 0.00000289. The Kier molecular flexibility index (Phi) is 6.74. The van der Waals surface area contributed by atoms with E-state index in [4.69, 9.17) is 16.9 Å². The Labute approximate surface area is 112 Å². The lowest BCUT2D eigenvalue weighted by Crippen LogP contribution is -2.30. The van der Waals surface area contributed by atoms with Crippen molar-refractivity contribution in [1.82, 2.24) is 5.12 Å². The molecular weight excluding hydrogens is 257 g/mol. The molecule has 0 heterocycles. The number of nitrogens with one attached hydrogen (secondary N) is 1. The molecule has 0 aliphatic heterocycles. The highest BCUT2D eigenvalue weighted by molar-refractivity contribution is 5.91. The van der Waals surface area contributed by atoms with Gasteiger partial charge < -0.3 is 11.5 Å². The van der Waals surface area contributed by atoms with Crippen LogP contribution in [0, 0.1) is 5.41 Å². The van der Waals surface area contributed by atoms with Crippen LogP contribution in [0.3, 0.4) is 0 Å². The highest BCUT2D eigenvalue weighted by Gasteiger charge is 2.21. The number of nitrogens with zero attached hydrogens (tertiary/aromatic N) is 2. The first-order valence-corrected chi connectivity index (χ1v) is 5.24. The molecule has 0 bridgehead atoms. The Bertz CT molecular complexity index is 405. The molecular formula is C11H17ClFN5. The van der Waals surface area contributed by atoms with Crippen molar-refractivity contribution in [3.63, 3.8) is 0 Å². The highest BCUT2D eigenvalue weighted by atomic mass is 35.5. The molecule has 0 saturated carbocycles. The molecule has 0 spiro atoms. The third-order valence-electron chi connectivity index (χ3n) is 2.28. The summed E-state index contributed by atoms with van der Waals surface area (Å²) in [6, 6.07) is 8.51. The maximum absolute atomic E-state index is 13.9. The number of halogens is 2.